The molecule has 2 aromatic carbocycles. The lowest BCUT2D eigenvalue weighted by Crippen LogP contribution is -1.94. The number of nitrogens with zero attached hydrogens (tertiary/aromatic N) is 2. The molecule has 0 unspecified atom stereocenters. The van der Waals surface area contributed by atoms with Crippen LogP contribution in [0.2, 0.25) is 0 Å². The zero-order valence-electron chi connectivity index (χ0n) is 13.1. The summed E-state index contributed by atoms with van der Waals surface area (Å²) in [5, 5.41) is 0. The van der Waals surface area contributed by atoms with Gasteiger partial charge in [-0.3, -0.25) is 9.20 Å². The van der Waals surface area contributed by atoms with E-state index in [0.29, 0.717) is 22.9 Å². The van der Waals surface area contributed by atoms with Crippen LogP contribution in [0.1, 0.15) is 10.5 Å². The maximum atomic E-state index is 11.8. The molecule has 0 saturated heterocycles. The van der Waals surface area contributed by atoms with Gasteiger partial charge in [0, 0.05) is 5.56 Å². The average molecular weight is 338 g/mol. The van der Waals surface area contributed by atoms with Crippen molar-refractivity contribution < 1.29 is 14.3 Å². The normalized spacial score (nSPS) is 11.1. The van der Waals surface area contributed by atoms with E-state index in [-0.39, 0.29) is 0 Å². The summed E-state index contributed by atoms with van der Waals surface area (Å²) in [6.45, 7) is 0. The molecule has 120 valence electrons. The van der Waals surface area contributed by atoms with Crippen molar-refractivity contribution in [2.45, 2.75) is 0 Å². The molecule has 2 aromatic heterocycles. The Kier molecular flexibility index (Phi) is 3.46. The van der Waals surface area contributed by atoms with Crippen LogP contribution < -0.4 is 9.47 Å². The molecule has 4 aromatic rings. The van der Waals surface area contributed by atoms with Crippen LogP contribution in [0.5, 0.6) is 11.5 Å². The summed E-state index contributed by atoms with van der Waals surface area (Å²) in [4.78, 5) is 17.3. The van der Waals surface area contributed by atoms with Crippen molar-refractivity contribution >= 4 is 32.8 Å². The SMILES string of the molecule is COc1ccc(-c2nc3sc4ccccc4n3c2C=O)cc1OC. The molecule has 0 aliphatic rings. The van der Waals surface area contributed by atoms with E-state index >= 15 is 0 Å². The molecule has 0 aliphatic carbocycles. The van der Waals surface area contributed by atoms with Crippen molar-refractivity contribution in [3.63, 3.8) is 0 Å². The van der Waals surface area contributed by atoms with Gasteiger partial charge in [0.05, 0.1) is 24.4 Å². The molecule has 0 aliphatic heterocycles. The molecule has 0 saturated carbocycles. The number of hydrogen-bond acceptors (Lipinski definition) is 5. The number of thiazole rings is 1. The maximum absolute atomic E-state index is 11.8. The average Bonchev–Trinajstić information content (AvgIpc) is 3.16. The largest absolute Gasteiger partial charge is 0.493 e. The Morgan fingerprint density at radius 3 is 2.62 bits per heavy atom. The minimum atomic E-state index is 0.537. The first-order valence-corrected chi connectivity index (χ1v) is 8.16. The summed E-state index contributed by atoms with van der Waals surface area (Å²) < 4.78 is 13.6. The van der Waals surface area contributed by atoms with Crippen LogP contribution in [-0.4, -0.2) is 29.9 Å². The van der Waals surface area contributed by atoms with Crippen LogP contribution in [-0.2, 0) is 0 Å². The third kappa shape index (κ3) is 2.07. The Balaban J connectivity index is 1.98. The number of carbonyl (C=O) groups excluding carboxylic acids is 1. The number of hydrogen-bond donors (Lipinski definition) is 0. The highest BCUT2D eigenvalue weighted by atomic mass is 32.1. The van der Waals surface area contributed by atoms with E-state index in [4.69, 9.17) is 9.47 Å². The summed E-state index contributed by atoms with van der Waals surface area (Å²) in [5.41, 5.74) is 2.98. The van der Waals surface area contributed by atoms with E-state index in [1.807, 2.05) is 46.9 Å². The van der Waals surface area contributed by atoms with Crippen LogP contribution in [0.3, 0.4) is 0 Å². The molecular weight excluding hydrogens is 324 g/mol. The Labute approximate surface area is 142 Å². The highest BCUT2D eigenvalue weighted by molar-refractivity contribution is 7.23. The van der Waals surface area contributed by atoms with Gasteiger partial charge in [-0.25, -0.2) is 4.98 Å². The Hall–Kier alpha value is -2.86. The van der Waals surface area contributed by atoms with E-state index in [1.165, 1.54) is 0 Å². The van der Waals surface area contributed by atoms with Crippen molar-refractivity contribution in [1.29, 1.82) is 0 Å². The first-order chi connectivity index (χ1) is 11.8. The summed E-state index contributed by atoms with van der Waals surface area (Å²) >= 11 is 1.56. The van der Waals surface area contributed by atoms with Gasteiger partial charge in [-0.1, -0.05) is 23.5 Å². The third-order valence-corrected chi connectivity index (χ3v) is 4.98. The number of para-hydroxylation sites is 1. The molecular formula is C18H14N2O3S. The Morgan fingerprint density at radius 1 is 1.08 bits per heavy atom. The molecule has 6 heteroatoms. The van der Waals surface area contributed by atoms with E-state index < -0.39 is 0 Å². The van der Waals surface area contributed by atoms with Crippen molar-refractivity contribution in [3.05, 3.63) is 48.2 Å². The number of fused-ring (bicyclic) bond motifs is 3. The van der Waals surface area contributed by atoms with Gasteiger partial charge >= 0.3 is 0 Å². The zero-order valence-corrected chi connectivity index (χ0v) is 14.0. The molecule has 2 heterocycles. The maximum Gasteiger partial charge on any atom is 0.195 e. The van der Waals surface area contributed by atoms with E-state index in [0.717, 1.165) is 27.0 Å². The first-order valence-electron chi connectivity index (χ1n) is 7.34. The van der Waals surface area contributed by atoms with Crippen LogP contribution in [0.4, 0.5) is 0 Å². The molecule has 4 rings (SSSR count). The second-order valence-electron chi connectivity index (χ2n) is 5.22. The van der Waals surface area contributed by atoms with E-state index in [2.05, 4.69) is 4.98 Å². The third-order valence-electron chi connectivity index (χ3n) is 3.96. The van der Waals surface area contributed by atoms with Gasteiger partial charge < -0.3 is 9.47 Å². The molecule has 0 spiro atoms. The summed E-state index contributed by atoms with van der Waals surface area (Å²) in [7, 11) is 3.18. The predicted octanol–water partition coefficient (Wildman–Crippen LogP) is 4.05. The van der Waals surface area contributed by atoms with Gasteiger partial charge in [0.25, 0.3) is 0 Å². The molecule has 0 amide bonds. The molecule has 24 heavy (non-hydrogen) atoms. The van der Waals surface area contributed by atoms with Crippen LogP contribution in [0, 0.1) is 0 Å². The fraction of sp³-hybridized carbons (Fsp3) is 0.111. The second kappa shape index (κ2) is 5.65. The summed E-state index contributed by atoms with van der Waals surface area (Å²) in [6.07, 6.45) is 0.852. The van der Waals surface area contributed by atoms with Gasteiger partial charge in [-0.2, -0.15) is 0 Å². The Bertz CT molecular complexity index is 1060. The number of aromatic nitrogens is 2. The topological polar surface area (TPSA) is 52.8 Å². The van der Waals surface area contributed by atoms with Crippen molar-refractivity contribution in [1.82, 2.24) is 9.38 Å². The van der Waals surface area contributed by atoms with E-state index in [9.17, 15) is 4.79 Å². The van der Waals surface area contributed by atoms with Crippen molar-refractivity contribution in [3.8, 4) is 22.8 Å². The monoisotopic (exact) mass is 338 g/mol. The number of carbonyl (C=O) groups is 1. The molecule has 0 bridgehead atoms. The number of rotatable bonds is 4. The molecule has 0 radical (unpaired) electrons. The fourth-order valence-electron chi connectivity index (χ4n) is 2.84. The lowest BCUT2D eigenvalue weighted by atomic mass is 10.1. The highest BCUT2D eigenvalue weighted by Gasteiger charge is 2.18. The predicted molar refractivity (Wildman–Crippen MR) is 94.5 cm³/mol. The molecule has 0 N–H and O–H groups in total. The Morgan fingerprint density at radius 2 is 1.88 bits per heavy atom. The van der Waals surface area contributed by atoms with Gasteiger partial charge in [-0.15, -0.1) is 0 Å². The minimum absolute atomic E-state index is 0.537. The van der Waals surface area contributed by atoms with Crippen LogP contribution in [0.15, 0.2) is 42.5 Å². The number of aldehydes is 1. The smallest absolute Gasteiger partial charge is 0.195 e. The first kappa shape index (κ1) is 14.7. The molecule has 5 nitrogen and oxygen atoms in total. The van der Waals surface area contributed by atoms with E-state index in [1.54, 1.807) is 25.6 Å². The molecule has 0 fully saturated rings. The summed E-state index contributed by atoms with van der Waals surface area (Å²) in [6, 6.07) is 13.5. The number of imidazole rings is 1. The number of methoxy groups -OCH3 is 2. The number of ether oxygens (including phenoxy) is 2. The quantitative estimate of drug-likeness (QED) is 0.527. The highest BCUT2D eigenvalue weighted by Crippen LogP contribution is 2.36. The van der Waals surface area contributed by atoms with Crippen molar-refractivity contribution in [2.24, 2.45) is 0 Å². The van der Waals surface area contributed by atoms with Gasteiger partial charge in [-0.05, 0) is 30.3 Å². The zero-order chi connectivity index (χ0) is 16.7. The van der Waals surface area contributed by atoms with Crippen LogP contribution in [0.25, 0.3) is 26.4 Å². The van der Waals surface area contributed by atoms with Crippen LogP contribution >= 0.6 is 11.3 Å². The van der Waals surface area contributed by atoms with Gasteiger partial charge in [0.2, 0.25) is 0 Å². The van der Waals surface area contributed by atoms with Gasteiger partial charge in [0.15, 0.2) is 22.7 Å². The minimum Gasteiger partial charge on any atom is -0.493 e. The summed E-state index contributed by atoms with van der Waals surface area (Å²) in [5.74, 6) is 1.24. The number of benzene rings is 2. The lowest BCUT2D eigenvalue weighted by molar-refractivity contribution is 0.111. The second-order valence-corrected chi connectivity index (χ2v) is 6.23. The molecule has 0 atom stereocenters. The van der Waals surface area contributed by atoms with Crippen molar-refractivity contribution in [2.75, 3.05) is 14.2 Å². The lowest BCUT2D eigenvalue weighted by Gasteiger charge is -2.08. The standard InChI is InChI=1S/C18H14N2O3S/c1-22-14-8-7-11(9-15(14)23-2)17-13(10-21)20-12-5-3-4-6-16(12)24-18(20)19-17/h3-10H,1-2H3. The van der Waals surface area contributed by atoms with Gasteiger partial charge in [0.1, 0.15) is 11.4 Å². The fourth-order valence-corrected chi connectivity index (χ4v) is 3.88.